The van der Waals surface area contributed by atoms with Crippen molar-refractivity contribution in [3.8, 4) is 11.1 Å². The Balaban J connectivity index is 1.76. The van der Waals surface area contributed by atoms with Crippen LogP contribution in [0.25, 0.3) is 54.5 Å². The number of rotatable bonds is 2. The average Bonchev–Trinajstić information content (AvgIpc) is 3.11. The number of fused-ring (bicyclic) bond motifs is 8. The Kier molecular flexibility index (Phi) is 3.85. The van der Waals surface area contributed by atoms with Gasteiger partial charge in [-0.1, -0.05) is 66.7 Å². The van der Waals surface area contributed by atoms with E-state index in [2.05, 4.69) is 122 Å². The van der Waals surface area contributed by atoms with Crippen LogP contribution in [0.3, 0.4) is 0 Å². The standard InChI is InChI=1S/C29H24N2/c1-30(2)21-10-8-9-19(17-21)20-15-16-27-26(18-20)28-24-13-6-4-11-22(24)23-12-5-7-14-25(23)29(28)31(27)3/h4-18H,1-3H3. The highest BCUT2D eigenvalue weighted by molar-refractivity contribution is 6.31. The van der Waals surface area contributed by atoms with Crippen molar-refractivity contribution in [2.45, 2.75) is 0 Å². The van der Waals surface area contributed by atoms with E-state index >= 15 is 0 Å². The van der Waals surface area contributed by atoms with E-state index in [0.29, 0.717) is 0 Å². The van der Waals surface area contributed by atoms with Crippen molar-refractivity contribution in [2.75, 3.05) is 19.0 Å². The van der Waals surface area contributed by atoms with Crippen LogP contribution in [0.5, 0.6) is 0 Å². The highest BCUT2D eigenvalue weighted by Crippen LogP contribution is 2.41. The van der Waals surface area contributed by atoms with Crippen molar-refractivity contribution in [1.82, 2.24) is 4.57 Å². The number of nitrogens with zero attached hydrogens (tertiary/aromatic N) is 2. The lowest BCUT2D eigenvalue weighted by molar-refractivity contribution is 1.02. The number of anilines is 1. The zero-order chi connectivity index (χ0) is 21.1. The van der Waals surface area contributed by atoms with Crippen molar-refractivity contribution in [3.05, 3.63) is 91.0 Å². The summed E-state index contributed by atoms with van der Waals surface area (Å²) in [4.78, 5) is 2.15. The summed E-state index contributed by atoms with van der Waals surface area (Å²) in [6.45, 7) is 0. The molecule has 31 heavy (non-hydrogen) atoms. The van der Waals surface area contributed by atoms with E-state index in [9.17, 15) is 0 Å². The minimum Gasteiger partial charge on any atom is -0.378 e. The molecule has 5 aromatic carbocycles. The molecule has 0 amide bonds. The second-order valence-electron chi connectivity index (χ2n) is 8.55. The number of aryl methyl sites for hydroxylation is 1. The van der Waals surface area contributed by atoms with E-state index in [4.69, 9.17) is 0 Å². The topological polar surface area (TPSA) is 8.17 Å². The maximum absolute atomic E-state index is 2.37. The molecule has 0 aliphatic carbocycles. The molecule has 1 aromatic heterocycles. The summed E-state index contributed by atoms with van der Waals surface area (Å²) in [7, 11) is 6.37. The van der Waals surface area contributed by atoms with Gasteiger partial charge in [-0.2, -0.15) is 0 Å². The number of aromatic nitrogens is 1. The normalized spacial score (nSPS) is 11.7. The second-order valence-corrected chi connectivity index (χ2v) is 8.55. The number of hydrogen-bond acceptors (Lipinski definition) is 1. The lowest BCUT2D eigenvalue weighted by atomic mass is 9.95. The minimum atomic E-state index is 1.21. The zero-order valence-electron chi connectivity index (χ0n) is 18.1. The molecule has 0 aliphatic rings. The van der Waals surface area contributed by atoms with E-state index in [1.165, 1.54) is 60.2 Å². The van der Waals surface area contributed by atoms with Gasteiger partial charge < -0.3 is 9.47 Å². The smallest absolute Gasteiger partial charge is 0.0574 e. The van der Waals surface area contributed by atoms with E-state index in [1.807, 2.05) is 0 Å². The summed E-state index contributed by atoms with van der Waals surface area (Å²) < 4.78 is 2.36. The molecule has 2 heteroatoms. The van der Waals surface area contributed by atoms with Gasteiger partial charge >= 0.3 is 0 Å². The van der Waals surface area contributed by atoms with Crippen LogP contribution in [0.1, 0.15) is 0 Å². The van der Waals surface area contributed by atoms with Crippen LogP contribution in [0.15, 0.2) is 91.0 Å². The molecule has 0 spiro atoms. The molecule has 2 nitrogen and oxygen atoms in total. The monoisotopic (exact) mass is 400 g/mol. The van der Waals surface area contributed by atoms with Crippen molar-refractivity contribution in [3.63, 3.8) is 0 Å². The molecular formula is C29H24N2. The maximum Gasteiger partial charge on any atom is 0.0574 e. The van der Waals surface area contributed by atoms with Gasteiger partial charge in [0, 0.05) is 48.5 Å². The lowest BCUT2D eigenvalue weighted by Gasteiger charge is -2.13. The van der Waals surface area contributed by atoms with Crippen molar-refractivity contribution in [2.24, 2.45) is 7.05 Å². The van der Waals surface area contributed by atoms with Gasteiger partial charge in [0.15, 0.2) is 0 Å². The fourth-order valence-corrected chi connectivity index (χ4v) is 5.04. The van der Waals surface area contributed by atoms with E-state index in [0.717, 1.165) is 0 Å². The summed E-state index contributed by atoms with van der Waals surface area (Å²) in [6, 6.07) is 33.2. The Morgan fingerprint density at radius 2 is 1.23 bits per heavy atom. The zero-order valence-corrected chi connectivity index (χ0v) is 18.1. The third kappa shape index (κ3) is 2.58. The minimum absolute atomic E-state index is 1.21. The third-order valence-corrected chi connectivity index (χ3v) is 6.56. The molecule has 150 valence electrons. The fourth-order valence-electron chi connectivity index (χ4n) is 5.04. The molecule has 0 unspecified atom stereocenters. The molecule has 0 N–H and O–H groups in total. The predicted molar refractivity (Wildman–Crippen MR) is 135 cm³/mol. The molecule has 1 heterocycles. The van der Waals surface area contributed by atoms with Gasteiger partial charge in [0.05, 0.1) is 5.52 Å². The molecular weight excluding hydrogens is 376 g/mol. The van der Waals surface area contributed by atoms with Gasteiger partial charge in [0.25, 0.3) is 0 Å². The first-order valence-electron chi connectivity index (χ1n) is 10.7. The van der Waals surface area contributed by atoms with Crippen LogP contribution in [-0.4, -0.2) is 18.7 Å². The molecule has 0 saturated heterocycles. The summed E-state index contributed by atoms with van der Waals surface area (Å²) in [5.41, 5.74) is 6.29. The quantitative estimate of drug-likeness (QED) is 0.275. The first-order valence-corrected chi connectivity index (χ1v) is 10.7. The van der Waals surface area contributed by atoms with Gasteiger partial charge in [-0.05, 0) is 51.6 Å². The van der Waals surface area contributed by atoms with E-state index in [-0.39, 0.29) is 0 Å². The molecule has 0 fully saturated rings. The highest BCUT2D eigenvalue weighted by atomic mass is 15.1. The predicted octanol–water partition coefficient (Wildman–Crippen LogP) is 7.37. The van der Waals surface area contributed by atoms with E-state index in [1.54, 1.807) is 0 Å². The number of benzene rings is 5. The first kappa shape index (κ1) is 18.0. The van der Waals surface area contributed by atoms with Gasteiger partial charge in [-0.15, -0.1) is 0 Å². The molecule has 0 atom stereocenters. The van der Waals surface area contributed by atoms with Gasteiger partial charge in [0.1, 0.15) is 0 Å². The third-order valence-electron chi connectivity index (χ3n) is 6.56. The molecule has 0 aliphatic heterocycles. The second kappa shape index (κ2) is 6.61. The Hall–Kier alpha value is -3.78. The molecule has 0 radical (unpaired) electrons. The van der Waals surface area contributed by atoms with Crippen molar-refractivity contribution < 1.29 is 0 Å². The van der Waals surface area contributed by atoms with Crippen LogP contribution in [0.4, 0.5) is 5.69 Å². The molecule has 6 aromatic rings. The summed E-state index contributed by atoms with van der Waals surface area (Å²) >= 11 is 0. The van der Waals surface area contributed by atoms with Crippen molar-refractivity contribution in [1.29, 1.82) is 0 Å². The lowest BCUT2D eigenvalue weighted by Crippen LogP contribution is -2.08. The van der Waals surface area contributed by atoms with Gasteiger partial charge in [0.2, 0.25) is 0 Å². The highest BCUT2D eigenvalue weighted by Gasteiger charge is 2.16. The van der Waals surface area contributed by atoms with Gasteiger partial charge in [-0.3, -0.25) is 0 Å². The Labute approximate surface area is 181 Å². The summed E-state index contributed by atoms with van der Waals surface area (Å²) in [5.74, 6) is 0. The van der Waals surface area contributed by atoms with Crippen LogP contribution in [0.2, 0.25) is 0 Å². The van der Waals surface area contributed by atoms with E-state index < -0.39 is 0 Å². The molecule has 6 rings (SSSR count). The summed E-state index contributed by atoms with van der Waals surface area (Å²) in [6.07, 6.45) is 0. The Morgan fingerprint density at radius 3 is 1.97 bits per heavy atom. The number of hydrogen-bond donors (Lipinski definition) is 0. The fraction of sp³-hybridized carbons (Fsp3) is 0.103. The average molecular weight is 401 g/mol. The van der Waals surface area contributed by atoms with Crippen LogP contribution in [-0.2, 0) is 7.05 Å². The SMILES string of the molecule is CN(C)c1cccc(-c2ccc3c(c2)c2c4ccccc4c4ccccc4c2n3C)c1. The Bertz CT molecular complexity index is 1620. The van der Waals surface area contributed by atoms with Crippen molar-refractivity contribution >= 4 is 49.0 Å². The molecule has 0 bridgehead atoms. The van der Waals surface area contributed by atoms with Crippen LogP contribution in [0, 0.1) is 0 Å². The van der Waals surface area contributed by atoms with Crippen LogP contribution >= 0.6 is 0 Å². The van der Waals surface area contributed by atoms with Gasteiger partial charge in [-0.25, -0.2) is 0 Å². The summed E-state index contributed by atoms with van der Waals surface area (Å²) in [5, 5.41) is 7.92. The maximum atomic E-state index is 2.37. The first-order chi connectivity index (χ1) is 15.1. The largest absolute Gasteiger partial charge is 0.378 e. The Morgan fingerprint density at radius 1 is 0.581 bits per heavy atom. The molecule has 0 saturated carbocycles. The van der Waals surface area contributed by atoms with Crippen LogP contribution < -0.4 is 4.90 Å².